The molecular weight excluding hydrogens is 234 g/mol. The van der Waals surface area contributed by atoms with Crippen molar-refractivity contribution >= 4 is 17.2 Å². The van der Waals surface area contributed by atoms with Crippen LogP contribution in [0.25, 0.3) is 0 Å². The third kappa shape index (κ3) is 3.78. The molecule has 0 aliphatic carbocycles. The zero-order valence-corrected chi connectivity index (χ0v) is 11.9. The first-order valence-electron chi connectivity index (χ1n) is 5.85. The van der Waals surface area contributed by atoms with Crippen molar-refractivity contribution in [1.29, 1.82) is 0 Å². The van der Waals surface area contributed by atoms with Crippen LogP contribution in [0.15, 0.2) is 5.38 Å². The molecule has 0 aliphatic rings. The number of hydrogen-bond acceptors (Lipinski definition) is 4. The first-order chi connectivity index (χ1) is 7.86. The summed E-state index contributed by atoms with van der Waals surface area (Å²) in [5.74, 6) is -0.000275. The van der Waals surface area contributed by atoms with E-state index in [-0.39, 0.29) is 11.9 Å². The fourth-order valence-corrected chi connectivity index (χ4v) is 2.34. The Kier molecular flexibility index (Phi) is 4.65. The minimum atomic E-state index is -0.546. The lowest BCUT2D eigenvalue weighted by atomic mass is 10.0. The molecule has 0 saturated carbocycles. The zero-order chi connectivity index (χ0) is 13.1. The smallest absolute Gasteiger partial charge is 0.240 e. The molecule has 0 spiro atoms. The summed E-state index contributed by atoms with van der Waals surface area (Å²) in [5.41, 5.74) is 0.451. The molecule has 1 aromatic rings. The Balaban J connectivity index is 2.63. The number of hydrogen-bond donors (Lipinski definition) is 2. The third-order valence-corrected chi connectivity index (χ3v) is 3.69. The molecule has 1 aromatic heterocycles. The molecule has 0 radical (unpaired) electrons. The van der Waals surface area contributed by atoms with E-state index in [0.29, 0.717) is 0 Å². The van der Waals surface area contributed by atoms with Crippen molar-refractivity contribution in [3.8, 4) is 0 Å². The summed E-state index contributed by atoms with van der Waals surface area (Å²) in [7, 11) is 0. The predicted octanol–water partition coefficient (Wildman–Crippen LogP) is 2.02. The molecule has 96 valence electrons. The highest BCUT2D eigenvalue weighted by atomic mass is 32.1. The van der Waals surface area contributed by atoms with E-state index in [1.54, 1.807) is 11.3 Å². The summed E-state index contributed by atoms with van der Waals surface area (Å²) in [6.07, 6.45) is 0. The third-order valence-electron chi connectivity index (χ3n) is 2.54. The number of amides is 1. The molecule has 1 atom stereocenters. The highest BCUT2D eigenvalue weighted by Crippen LogP contribution is 2.18. The Hall–Kier alpha value is -0.940. The topological polar surface area (TPSA) is 54.0 Å². The van der Waals surface area contributed by atoms with Crippen LogP contribution in [0.5, 0.6) is 0 Å². The van der Waals surface area contributed by atoms with Crippen LogP contribution in [0.3, 0.4) is 0 Å². The fourth-order valence-electron chi connectivity index (χ4n) is 1.53. The number of likely N-dealkylation sites (N-methyl/N-ethyl adjacent to an activating group) is 1. The normalized spacial score (nSPS) is 13.5. The molecule has 0 aliphatic heterocycles. The number of thiazole rings is 1. The van der Waals surface area contributed by atoms with E-state index in [9.17, 15) is 4.79 Å². The molecule has 0 aromatic carbocycles. The molecule has 1 unspecified atom stereocenters. The molecule has 0 fully saturated rings. The highest BCUT2D eigenvalue weighted by Gasteiger charge is 2.27. The van der Waals surface area contributed by atoms with Crippen molar-refractivity contribution in [3.05, 3.63) is 16.1 Å². The average Bonchev–Trinajstić information content (AvgIpc) is 2.64. The average molecular weight is 255 g/mol. The second-order valence-corrected chi connectivity index (χ2v) is 5.57. The van der Waals surface area contributed by atoms with Crippen molar-refractivity contribution in [2.75, 3.05) is 6.54 Å². The summed E-state index contributed by atoms with van der Waals surface area (Å²) >= 11 is 1.58. The minimum Gasteiger partial charge on any atom is -0.346 e. The molecule has 5 heteroatoms. The number of aromatic nitrogens is 1. The van der Waals surface area contributed by atoms with Gasteiger partial charge < -0.3 is 10.6 Å². The molecule has 0 bridgehead atoms. The molecule has 4 nitrogen and oxygen atoms in total. The van der Waals surface area contributed by atoms with Gasteiger partial charge in [0.1, 0.15) is 5.01 Å². The SMILES string of the molecule is CCNC(C)(C)C(=O)NC(C)c1nc(C)cs1. The van der Waals surface area contributed by atoms with E-state index in [1.807, 2.05) is 40.0 Å². The standard InChI is InChI=1S/C12H21N3OS/c1-6-13-12(4,5)11(16)15-9(3)10-14-8(2)7-17-10/h7,9,13H,6H2,1-5H3,(H,15,16). The Morgan fingerprint density at radius 1 is 1.59 bits per heavy atom. The van der Waals surface area contributed by atoms with Crippen LogP contribution in [-0.2, 0) is 4.79 Å². The van der Waals surface area contributed by atoms with Crippen molar-refractivity contribution in [1.82, 2.24) is 15.6 Å². The predicted molar refractivity (Wildman–Crippen MR) is 71.2 cm³/mol. The van der Waals surface area contributed by atoms with Crippen LogP contribution in [0, 0.1) is 6.92 Å². The lowest BCUT2D eigenvalue weighted by Gasteiger charge is -2.26. The van der Waals surface area contributed by atoms with Crippen molar-refractivity contribution in [3.63, 3.8) is 0 Å². The molecule has 1 amide bonds. The maximum absolute atomic E-state index is 12.0. The van der Waals surface area contributed by atoms with E-state index < -0.39 is 5.54 Å². The molecular formula is C12H21N3OS. The lowest BCUT2D eigenvalue weighted by molar-refractivity contribution is -0.127. The number of aryl methyl sites for hydroxylation is 1. The Morgan fingerprint density at radius 2 is 2.24 bits per heavy atom. The fraction of sp³-hybridized carbons (Fsp3) is 0.667. The molecule has 2 N–H and O–H groups in total. The van der Waals surface area contributed by atoms with E-state index >= 15 is 0 Å². The number of carbonyl (C=O) groups excluding carboxylic acids is 1. The minimum absolute atomic E-state index is 0.000275. The van der Waals surface area contributed by atoms with Crippen LogP contribution in [-0.4, -0.2) is 23.0 Å². The maximum Gasteiger partial charge on any atom is 0.240 e. The van der Waals surface area contributed by atoms with Gasteiger partial charge in [-0.1, -0.05) is 6.92 Å². The second-order valence-electron chi connectivity index (χ2n) is 4.68. The second kappa shape index (κ2) is 5.60. The number of nitrogens with zero attached hydrogens (tertiary/aromatic N) is 1. The van der Waals surface area contributed by atoms with Gasteiger partial charge in [0.25, 0.3) is 0 Å². The van der Waals surface area contributed by atoms with Gasteiger partial charge in [0.15, 0.2) is 0 Å². The van der Waals surface area contributed by atoms with Crippen molar-refractivity contribution in [2.45, 2.75) is 46.2 Å². The van der Waals surface area contributed by atoms with Crippen LogP contribution in [0.2, 0.25) is 0 Å². The van der Waals surface area contributed by atoms with Gasteiger partial charge in [-0.3, -0.25) is 4.79 Å². The monoisotopic (exact) mass is 255 g/mol. The summed E-state index contributed by atoms with van der Waals surface area (Å²) in [5, 5.41) is 9.08. The molecule has 0 saturated heterocycles. The van der Waals surface area contributed by atoms with Crippen molar-refractivity contribution < 1.29 is 4.79 Å². The van der Waals surface area contributed by atoms with Gasteiger partial charge >= 0.3 is 0 Å². The van der Waals surface area contributed by atoms with E-state index in [1.165, 1.54) is 0 Å². The van der Waals surface area contributed by atoms with Crippen LogP contribution < -0.4 is 10.6 Å². The Bertz CT molecular complexity index is 387. The van der Waals surface area contributed by atoms with Gasteiger partial charge in [0, 0.05) is 11.1 Å². The highest BCUT2D eigenvalue weighted by molar-refractivity contribution is 7.09. The first kappa shape index (κ1) is 14.1. The van der Waals surface area contributed by atoms with Gasteiger partial charge in [-0.25, -0.2) is 4.98 Å². The molecule has 17 heavy (non-hydrogen) atoms. The summed E-state index contributed by atoms with van der Waals surface area (Å²) in [6, 6.07) is -0.0425. The van der Waals surface area contributed by atoms with Gasteiger partial charge in [-0.2, -0.15) is 0 Å². The maximum atomic E-state index is 12.0. The Labute approximate surface area is 107 Å². The zero-order valence-electron chi connectivity index (χ0n) is 11.1. The van der Waals surface area contributed by atoms with E-state index in [0.717, 1.165) is 17.2 Å². The van der Waals surface area contributed by atoms with E-state index in [2.05, 4.69) is 15.6 Å². The summed E-state index contributed by atoms with van der Waals surface area (Å²) in [4.78, 5) is 16.4. The number of carbonyl (C=O) groups is 1. The van der Waals surface area contributed by atoms with Crippen LogP contribution in [0.4, 0.5) is 0 Å². The number of nitrogens with one attached hydrogen (secondary N) is 2. The lowest BCUT2D eigenvalue weighted by Crippen LogP contribution is -2.52. The molecule has 1 heterocycles. The largest absolute Gasteiger partial charge is 0.346 e. The van der Waals surface area contributed by atoms with Crippen molar-refractivity contribution in [2.24, 2.45) is 0 Å². The quantitative estimate of drug-likeness (QED) is 0.846. The van der Waals surface area contributed by atoms with Gasteiger partial charge in [-0.15, -0.1) is 11.3 Å². The van der Waals surface area contributed by atoms with Crippen LogP contribution >= 0.6 is 11.3 Å². The number of rotatable bonds is 5. The summed E-state index contributed by atoms with van der Waals surface area (Å²) < 4.78 is 0. The first-order valence-corrected chi connectivity index (χ1v) is 6.72. The van der Waals surface area contributed by atoms with Crippen LogP contribution in [0.1, 0.15) is 44.4 Å². The van der Waals surface area contributed by atoms with Gasteiger partial charge in [0.2, 0.25) is 5.91 Å². The van der Waals surface area contributed by atoms with E-state index in [4.69, 9.17) is 0 Å². The van der Waals surface area contributed by atoms with Gasteiger partial charge in [-0.05, 0) is 34.2 Å². The Morgan fingerprint density at radius 3 is 2.71 bits per heavy atom. The molecule has 1 rings (SSSR count). The van der Waals surface area contributed by atoms with Gasteiger partial charge in [0.05, 0.1) is 11.6 Å². The summed E-state index contributed by atoms with van der Waals surface area (Å²) in [6.45, 7) is 10.4.